The van der Waals surface area contributed by atoms with Gasteiger partial charge in [0.25, 0.3) is 0 Å². The van der Waals surface area contributed by atoms with Crippen molar-refractivity contribution in [3.8, 4) is 0 Å². The van der Waals surface area contributed by atoms with Gasteiger partial charge in [0.1, 0.15) is 0 Å². The molecule has 17 heavy (non-hydrogen) atoms. The summed E-state index contributed by atoms with van der Waals surface area (Å²) in [6.45, 7) is 10.9. The first-order valence-electron chi connectivity index (χ1n) is 6.93. The summed E-state index contributed by atoms with van der Waals surface area (Å²) in [6, 6.07) is 0. The second-order valence-corrected chi connectivity index (χ2v) is 6.74. The summed E-state index contributed by atoms with van der Waals surface area (Å²) in [7, 11) is 0. The van der Waals surface area contributed by atoms with Crippen LogP contribution in [0.5, 0.6) is 0 Å². The maximum Gasteiger partial charge on any atom is 0.0871 e. The van der Waals surface area contributed by atoms with Gasteiger partial charge in [0.05, 0.1) is 11.7 Å². The monoisotopic (exact) mass is 234 g/mol. The highest BCUT2D eigenvalue weighted by Gasteiger charge is 2.41. The molecule has 0 aromatic rings. The van der Waals surface area contributed by atoms with E-state index < -0.39 is 0 Å². The topological polar surface area (TPSA) is 9.23 Å². The van der Waals surface area contributed by atoms with Crippen molar-refractivity contribution in [1.29, 1.82) is 0 Å². The molecule has 1 unspecified atom stereocenters. The molecule has 1 heterocycles. The smallest absolute Gasteiger partial charge is 0.0871 e. The number of ether oxygens (including phenoxy) is 1. The molecule has 0 amide bonds. The molecule has 1 aliphatic heterocycles. The summed E-state index contributed by atoms with van der Waals surface area (Å²) in [5.41, 5.74) is 0.514. The summed E-state index contributed by atoms with van der Waals surface area (Å²) >= 11 is 0. The highest BCUT2D eigenvalue weighted by atomic mass is 16.5. The lowest BCUT2D eigenvalue weighted by Crippen LogP contribution is -2.37. The van der Waals surface area contributed by atoms with Crippen molar-refractivity contribution in [2.24, 2.45) is 11.3 Å². The van der Waals surface area contributed by atoms with Gasteiger partial charge in [0.15, 0.2) is 0 Å². The van der Waals surface area contributed by atoms with Crippen LogP contribution in [0.1, 0.15) is 52.9 Å². The first-order valence-corrected chi connectivity index (χ1v) is 6.93. The molecule has 0 saturated heterocycles. The van der Waals surface area contributed by atoms with Crippen LogP contribution < -0.4 is 0 Å². The molecule has 1 fully saturated rings. The zero-order chi connectivity index (χ0) is 12.5. The average Bonchev–Trinajstić information content (AvgIpc) is 2.61. The minimum atomic E-state index is 0.0649. The van der Waals surface area contributed by atoms with Crippen molar-refractivity contribution in [2.45, 2.75) is 64.6 Å². The Balaban J connectivity index is 1.92. The van der Waals surface area contributed by atoms with E-state index in [4.69, 9.17) is 4.74 Å². The second kappa shape index (κ2) is 4.61. The molecular formula is C16H26O. The minimum Gasteiger partial charge on any atom is -0.363 e. The van der Waals surface area contributed by atoms with Gasteiger partial charge in [-0.3, -0.25) is 0 Å². The van der Waals surface area contributed by atoms with Crippen LogP contribution in [0.15, 0.2) is 24.8 Å². The van der Waals surface area contributed by atoms with Crippen molar-refractivity contribution in [2.75, 3.05) is 0 Å². The van der Waals surface area contributed by atoms with Crippen LogP contribution in [-0.4, -0.2) is 11.7 Å². The lowest BCUT2D eigenvalue weighted by molar-refractivity contribution is -0.0613. The Bertz CT molecular complexity index is 300. The average molecular weight is 234 g/mol. The van der Waals surface area contributed by atoms with Gasteiger partial charge in [-0.05, 0) is 43.4 Å². The lowest BCUT2D eigenvalue weighted by Gasteiger charge is -2.41. The molecule has 1 heteroatoms. The van der Waals surface area contributed by atoms with E-state index in [9.17, 15) is 0 Å². The van der Waals surface area contributed by atoms with Crippen LogP contribution in [0.4, 0.5) is 0 Å². The first kappa shape index (κ1) is 12.9. The van der Waals surface area contributed by atoms with E-state index in [0.717, 1.165) is 12.3 Å². The highest BCUT2D eigenvalue weighted by Crippen LogP contribution is 2.45. The van der Waals surface area contributed by atoms with E-state index in [1.54, 1.807) is 0 Å². The number of hydrogen-bond acceptors (Lipinski definition) is 1. The fraction of sp³-hybridized carbons (Fsp3) is 0.750. The van der Waals surface area contributed by atoms with Gasteiger partial charge in [0.2, 0.25) is 0 Å². The van der Waals surface area contributed by atoms with E-state index in [1.807, 2.05) is 6.08 Å². The van der Waals surface area contributed by atoms with E-state index in [0.29, 0.717) is 5.41 Å². The summed E-state index contributed by atoms with van der Waals surface area (Å²) in [5.74, 6) is 0.851. The van der Waals surface area contributed by atoms with Gasteiger partial charge < -0.3 is 4.74 Å². The van der Waals surface area contributed by atoms with Gasteiger partial charge in [0, 0.05) is 0 Å². The largest absolute Gasteiger partial charge is 0.363 e. The van der Waals surface area contributed by atoms with Crippen molar-refractivity contribution < 1.29 is 4.74 Å². The molecule has 1 spiro atoms. The molecule has 2 aliphatic rings. The van der Waals surface area contributed by atoms with Gasteiger partial charge in [-0.2, -0.15) is 0 Å². The predicted octanol–water partition coefficient (Wildman–Crippen LogP) is 4.49. The van der Waals surface area contributed by atoms with Crippen LogP contribution in [0.2, 0.25) is 0 Å². The van der Waals surface area contributed by atoms with Crippen LogP contribution in [0.3, 0.4) is 0 Å². The third-order valence-electron chi connectivity index (χ3n) is 4.46. The standard InChI is InChI=1S/C16H26O/c1-5-6-14-9-12-16(17-14)10-7-13(8-11-16)15(2,3)4/h5,9,12-14H,1,6-8,10-11H2,2-4H3. The SMILES string of the molecule is C=CCC1C=CC2(CCC(C(C)(C)C)CC2)O1. The van der Waals surface area contributed by atoms with E-state index in [-0.39, 0.29) is 11.7 Å². The molecule has 1 atom stereocenters. The molecule has 2 rings (SSSR count). The van der Waals surface area contributed by atoms with E-state index in [2.05, 4.69) is 39.5 Å². The van der Waals surface area contributed by atoms with E-state index >= 15 is 0 Å². The molecule has 1 saturated carbocycles. The van der Waals surface area contributed by atoms with Gasteiger partial charge in [-0.25, -0.2) is 0 Å². The predicted molar refractivity (Wildman–Crippen MR) is 73.0 cm³/mol. The number of rotatable bonds is 2. The summed E-state index contributed by atoms with van der Waals surface area (Å²) in [6.07, 6.45) is 12.7. The Labute approximate surface area is 106 Å². The Kier molecular flexibility index (Phi) is 3.49. The van der Waals surface area contributed by atoms with Crippen molar-refractivity contribution in [1.82, 2.24) is 0 Å². The Morgan fingerprint density at radius 2 is 2.00 bits per heavy atom. The minimum absolute atomic E-state index is 0.0649. The van der Waals surface area contributed by atoms with Crippen molar-refractivity contribution in [3.05, 3.63) is 24.8 Å². The molecule has 1 aliphatic carbocycles. The van der Waals surface area contributed by atoms with Crippen LogP contribution >= 0.6 is 0 Å². The highest BCUT2D eigenvalue weighted by molar-refractivity contribution is 5.14. The van der Waals surface area contributed by atoms with Gasteiger partial charge >= 0.3 is 0 Å². The first-order chi connectivity index (χ1) is 7.95. The van der Waals surface area contributed by atoms with Crippen LogP contribution in [-0.2, 0) is 4.74 Å². The molecule has 0 bridgehead atoms. The third kappa shape index (κ3) is 2.82. The molecule has 96 valence electrons. The Hall–Kier alpha value is -0.560. The summed E-state index contributed by atoms with van der Waals surface area (Å²) in [4.78, 5) is 0. The molecule has 1 nitrogen and oxygen atoms in total. The molecule has 0 aromatic heterocycles. The Morgan fingerprint density at radius 1 is 1.35 bits per heavy atom. The lowest BCUT2D eigenvalue weighted by atomic mass is 9.68. The fourth-order valence-corrected chi connectivity index (χ4v) is 3.21. The summed E-state index contributed by atoms with van der Waals surface area (Å²) in [5, 5.41) is 0. The van der Waals surface area contributed by atoms with Gasteiger partial charge in [-0.15, -0.1) is 6.58 Å². The zero-order valence-electron chi connectivity index (χ0n) is 11.5. The van der Waals surface area contributed by atoms with E-state index in [1.165, 1.54) is 25.7 Å². The fourth-order valence-electron chi connectivity index (χ4n) is 3.21. The van der Waals surface area contributed by atoms with Crippen molar-refractivity contribution >= 4 is 0 Å². The molecule has 0 radical (unpaired) electrons. The van der Waals surface area contributed by atoms with Crippen molar-refractivity contribution in [3.63, 3.8) is 0 Å². The maximum atomic E-state index is 6.21. The molecule has 0 N–H and O–H groups in total. The molecular weight excluding hydrogens is 208 g/mol. The third-order valence-corrected chi connectivity index (χ3v) is 4.46. The number of hydrogen-bond donors (Lipinski definition) is 0. The van der Waals surface area contributed by atoms with Gasteiger partial charge in [-0.1, -0.05) is 39.0 Å². The molecule has 0 aromatic carbocycles. The normalized spacial score (nSPS) is 37.6. The van der Waals surface area contributed by atoms with Crippen LogP contribution in [0.25, 0.3) is 0 Å². The second-order valence-electron chi connectivity index (χ2n) is 6.74. The Morgan fingerprint density at radius 3 is 2.53 bits per heavy atom. The summed E-state index contributed by atoms with van der Waals surface area (Å²) < 4.78 is 6.21. The zero-order valence-corrected chi connectivity index (χ0v) is 11.5. The quantitative estimate of drug-likeness (QED) is 0.639. The maximum absolute atomic E-state index is 6.21. The van der Waals surface area contributed by atoms with Crippen LogP contribution in [0, 0.1) is 11.3 Å².